The van der Waals surface area contributed by atoms with Gasteiger partial charge in [0.25, 0.3) is 5.91 Å². The van der Waals surface area contributed by atoms with Crippen LogP contribution in [-0.4, -0.2) is 70.7 Å². The molecule has 4 rings (SSSR count). The van der Waals surface area contributed by atoms with Crippen LogP contribution in [-0.2, 0) is 25.5 Å². The maximum atomic E-state index is 13.0. The SMILES string of the molecule is CC1CC2OC2/C=C\C=C\C(=NOCC(=O)N2CCCCC2)Cc2c(Cl)c(O)cc(O)c2C(=O)O1. The summed E-state index contributed by atoms with van der Waals surface area (Å²) in [6.45, 7) is 2.92. The van der Waals surface area contributed by atoms with Crippen LogP contribution in [0.3, 0.4) is 0 Å². The number of hydrogen-bond acceptors (Lipinski definition) is 8. The van der Waals surface area contributed by atoms with E-state index in [0.717, 1.165) is 25.3 Å². The summed E-state index contributed by atoms with van der Waals surface area (Å²) in [4.78, 5) is 32.5. The number of phenolic OH excluding ortho intramolecular Hbond substituents is 2. The molecule has 0 aliphatic carbocycles. The van der Waals surface area contributed by atoms with E-state index in [-0.39, 0.29) is 53.0 Å². The molecule has 3 aliphatic heterocycles. The van der Waals surface area contributed by atoms with Crippen LogP contribution in [0, 0.1) is 0 Å². The van der Waals surface area contributed by atoms with Crippen LogP contribution in [0.5, 0.6) is 11.5 Å². The number of epoxide rings is 1. The molecule has 0 radical (unpaired) electrons. The van der Waals surface area contributed by atoms with Gasteiger partial charge < -0.3 is 29.4 Å². The van der Waals surface area contributed by atoms with Crippen molar-refractivity contribution >= 4 is 29.2 Å². The Balaban J connectivity index is 1.61. The highest BCUT2D eigenvalue weighted by atomic mass is 35.5. The third-order valence-corrected chi connectivity index (χ3v) is 6.58. The third kappa shape index (κ3) is 6.35. The van der Waals surface area contributed by atoms with Crippen molar-refractivity contribution in [2.45, 2.75) is 57.3 Å². The van der Waals surface area contributed by atoms with Gasteiger partial charge in [-0.1, -0.05) is 35.0 Å². The number of ether oxygens (including phenoxy) is 2. The van der Waals surface area contributed by atoms with E-state index in [4.69, 9.17) is 25.9 Å². The molecule has 2 N–H and O–H groups in total. The van der Waals surface area contributed by atoms with Gasteiger partial charge in [-0.25, -0.2) is 4.79 Å². The van der Waals surface area contributed by atoms with E-state index in [2.05, 4.69) is 5.16 Å². The van der Waals surface area contributed by atoms with E-state index < -0.39 is 17.8 Å². The number of likely N-dealkylation sites (tertiary alicyclic amines) is 1. The number of piperidine rings is 1. The van der Waals surface area contributed by atoms with Crippen LogP contribution in [0.2, 0.25) is 5.02 Å². The number of oxime groups is 1. The molecule has 1 aromatic carbocycles. The van der Waals surface area contributed by atoms with Crippen molar-refractivity contribution in [3.63, 3.8) is 0 Å². The predicted octanol–water partition coefficient (Wildman–Crippen LogP) is 3.51. The molecule has 1 aromatic rings. The summed E-state index contributed by atoms with van der Waals surface area (Å²) in [7, 11) is 0. The van der Waals surface area contributed by atoms with Crippen LogP contribution in [0.1, 0.15) is 48.5 Å². The Morgan fingerprint density at radius 1 is 1.23 bits per heavy atom. The molecule has 1 amide bonds. The Bertz CT molecular complexity index is 1060. The Hall–Kier alpha value is -3.04. The molecule has 0 saturated carbocycles. The number of carbonyl (C=O) groups is 2. The summed E-state index contributed by atoms with van der Waals surface area (Å²) in [5.74, 6) is -1.78. The molecular formula is C25H29ClN2O7. The number of benzene rings is 1. The Morgan fingerprint density at radius 2 is 2.00 bits per heavy atom. The fraction of sp³-hybridized carbons (Fsp3) is 0.480. The number of esters is 1. The van der Waals surface area contributed by atoms with E-state index in [1.165, 1.54) is 0 Å². The van der Waals surface area contributed by atoms with Gasteiger partial charge in [0.15, 0.2) is 6.61 Å². The summed E-state index contributed by atoms with van der Waals surface area (Å²) in [5, 5.41) is 24.6. The second-order valence-corrected chi connectivity index (χ2v) is 9.27. The van der Waals surface area contributed by atoms with Crippen molar-refractivity contribution in [2.24, 2.45) is 5.16 Å². The second kappa shape index (κ2) is 11.1. The second-order valence-electron chi connectivity index (χ2n) is 8.89. The number of fused-ring (bicyclic) bond motifs is 2. The Kier molecular flexibility index (Phi) is 7.97. The maximum absolute atomic E-state index is 13.0. The average molecular weight is 505 g/mol. The number of nitrogens with zero attached hydrogens (tertiary/aromatic N) is 2. The van der Waals surface area contributed by atoms with E-state index in [9.17, 15) is 19.8 Å². The van der Waals surface area contributed by atoms with Crippen LogP contribution < -0.4 is 0 Å². The van der Waals surface area contributed by atoms with Crippen molar-refractivity contribution in [1.29, 1.82) is 0 Å². The topological polar surface area (TPSA) is 121 Å². The molecule has 9 nitrogen and oxygen atoms in total. The zero-order chi connectivity index (χ0) is 24.9. The monoisotopic (exact) mass is 504 g/mol. The summed E-state index contributed by atoms with van der Waals surface area (Å²) >= 11 is 6.33. The van der Waals surface area contributed by atoms with Crippen molar-refractivity contribution in [1.82, 2.24) is 4.90 Å². The molecule has 2 fully saturated rings. The predicted molar refractivity (Wildman–Crippen MR) is 129 cm³/mol. The Morgan fingerprint density at radius 3 is 2.77 bits per heavy atom. The molecule has 188 valence electrons. The molecule has 3 atom stereocenters. The van der Waals surface area contributed by atoms with E-state index in [1.807, 2.05) is 12.2 Å². The molecule has 0 aromatic heterocycles. The van der Waals surface area contributed by atoms with Gasteiger partial charge in [-0.3, -0.25) is 4.79 Å². The van der Waals surface area contributed by atoms with Crippen molar-refractivity contribution in [3.05, 3.63) is 46.5 Å². The van der Waals surface area contributed by atoms with E-state index in [1.54, 1.807) is 24.0 Å². The van der Waals surface area contributed by atoms with Gasteiger partial charge in [-0.2, -0.15) is 0 Å². The van der Waals surface area contributed by atoms with Crippen LogP contribution >= 0.6 is 11.6 Å². The first-order chi connectivity index (χ1) is 16.8. The molecule has 10 heteroatoms. The highest BCUT2D eigenvalue weighted by molar-refractivity contribution is 6.33. The number of hydrogen-bond donors (Lipinski definition) is 2. The van der Waals surface area contributed by atoms with E-state index in [0.29, 0.717) is 25.2 Å². The third-order valence-electron chi connectivity index (χ3n) is 6.16. The fourth-order valence-electron chi connectivity index (χ4n) is 4.26. The molecular weight excluding hydrogens is 476 g/mol. The highest BCUT2D eigenvalue weighted by Gasteiger charge is 2.38. The van der Waals surface area contributed by atoms with Gasteiger partial charge in [0.1, 0.15) is 29.3 Å². The molecule has 35 heavy (non-hydrogen) atoms. The number of phenols is 2. The zero-order valence-electron chi connectivity index (χ0n) is 19.5. The number of amides is 1. The van der Waals surface area contributed by atoms with Crippen LogP contribution in [0.25, 0.3) is 0 Å². The summed E-state index contributed by atoms with van der Waals surface area (Å²) in [5.41, 5.74) is 0.295. The summed E-state index contributed by atoms with van der Waals surface area (Å²) in [6, 6.07) is 0.999. The quantitative estimate of drug-likeness (QED) is 0.367. The average Bonchev–Trinajstić information content (AvgIpc) is 3.56. The van der Waals surface area contributed by atoms with Gasteiger partial charge in [0.05, 0.1) is 16.8 Å². The van der Waals surface area contributed by atoms with Gasteiger partial charge in [-0.05, 0) is 37.8 Å². The van der Waals surface area contributed by atoms with Gasteiger partial charge in [-0.15, -0.1) is 0 Å². The number of halogens is 1. The van der Waals surface area contributed by atoms with Gasteiger partial charge in [0, 0.05) is 32.0 Å². The normalized spacial score (nSPS) is 27.7. The van der Waals surface area contributed by atoms with Gasteiger partial charge in [0.2, 0.25) is 0 Å². The highest BCUT2D eigenvalue weighted by Crippen LogP contribution is 2.38. The maximum Gasteiger partial charge on any atom is 0.342 e. The largest absolute Gasteiger partial charge is 0.507 e. The molecule has 2 saturated heterocycles. The lowest BCUT2D eigenvalue weighted by molar-refractivity contribution is -0.137. The first-order valence-electron chi connectivity index (χ1n) is 11.7. The minimum Gasteiger partial charge on any atom is -0.507 e. The zero-order valence-corrected chi connectivity index (χ0v) is 20.2. The lowest BCUT2D eigenvalue weighted by atomic mass is 9.99. The molecule has 0 bridgehead atoms. The smallest absolute Gasteiger partial charge is 0.342 e. The number of allylic oxidation sites excluding steroid dienone is 3. The van der Waals surface area contributed by atoms with Crippen LogP contribution in [0.15, 0.2) is 35.5 Å². The molecule has 3 aliphatic rings. The van der Waals surface area contributed by atoms with Gasteiger partial charge >= 0.3 is 5.97 Å². The number of rotatable bonds is 3. The lowest BCUT2D eigenvalue weighted by Crippen LogP contribution is -2.37. The van der Waals surface area contributed by atoms with Crippen molar-refractivity contribution in [3.8, 4) is 11.5 Å². The molecule has 0 spiro atoms. The van der Waals surface area contributed by atoms with Crippen molar-refractivity contribution < 1.29 is 34.1 Å². The van der Waals surface area contributed by atoms with Crippen LogP contribution in [0.4, 0.5) is 0 Å². The minimum atomic E-state index is -0.777. The van der Waals surface area contributed by atoms with E-state index >= 15 is 0 Å². The lowest BCUT2D eigenvalue weighted by Gasteiger charge is -2.26. The first-order valence-corrected chi connectivity index (χ1v) is 12.1. The standard InChI is InChI=1S/C25H29ClN2O7/c1-15-11-21-20(35-21)8-4-3-7-16(27-33-14-22(31)28-9-5-2-6-10-28)12-17-23(25(32)34-15)18(29)13-19(30)24(17)26/h3-4,7-8,13,15,20-21,29-30H,2,5-6,9-12,14H2,1H3/b7-3+,8-4-,27-16?. The minimum absolute atomic E-state index is 0.0651. The Labute approximate surface area is 208 Å². The fourth-order valence-corrected chi connectivity index (χ4v) is 4.47. The molecule has 3 unspecified atom stereocenters. The summed E-state index contributed by atoms with van der Waals surface area (Å²) in [6.07, 6.45) is 9.94. The van der Waals surface area contributed by atoms with Crippen molar-refractivity contribution in [2.75, 3.05) is 19.7 Å². The number of carbonyl (C=O) groups excluding carboxylic acids is 2. The number of aromatic hydroxyl groups is 2. The molecule has 3 heterocycles. The number of cyclic esters (lactones) is 1. The first kappa shape index (κ1) is 25.1. The summed E-state index contributed by atoms with van der Waals surface area (Å²) < 4.78 is 11.1.